The van der Waals surface area contributed by atoms with E-state index in [4.69, 9.17) is 5.73 Å². The van der Waals surface area contributed by atoms with Crippen molar-refractivity contribution >= 4 is 23.1 Å². The van der Waals surface area contributed by atoms with Gasteiger partial charge in [0.1, 0.15) is 0 Å². The predicted octanol–water partition coefficient (Wildman–Crippen LogP) is 0.715. The van der Waals surface area contributed by atoms with E-state index in [0.717, 1.165) is 6.20 Å². The van der Waals surface area contributed by atoms with Gasteiger partial charge in [0, 0.05) is 5.38 Å². The van der Waals surface area contributed by atoms with Gasteiger partial charge in [0.15, 0.2) is 11.6 Å². The van der Waals surface area contributed by atoms with Crippen molar-refractivity contribution in [1.29, 1.82) is 0 Å². The molecule has 16 heavy (non-hydrogen) atoms. The van der Waals surface area contributed by atoms with Gasteiger partial charge >= 0.3 is 5.69 Å². The maximum Gasteiger partial charge on any atom is 0.356 e. The molecule has 0 aliphatic heterocycles. The van der Waals surface area contributed by atoms with Gasteiger partial charge in [-0.25, -0.2) is 13.8 Å². The normalized spacial score (nSPS) is 10.3. The summed E-state index contributed by atoms with van der Waals surface area (Å²) in [6.07, 6.45) is 0.741. The first kappa shape index (κ1) is 10.5. The number of nitrogen functional groups attached to an aromatic ring is 1. The summed E-state index contributed by atoms with van der Waals surface area (Å²) >= 11 is 1.30. The van der Waals surface area contributed by atoms with Crippen molar-refractivity contribution in [3.63, 3.8) is 0 Å². The van der Waals surface area contributed by atoms with Gasteiger partial charge in [0.05, 0.1) is 11.8 Å². The minimum absolute atomic E-state index is 0.304. The van der Waals surface area contributed by atoms with Gasteiger partial charge in [-0.1, -0.05) is 0 Å². The number of carbonyl (C=O) groups is 1. The van der Waals surface area contributed by atoms with E-state index in [1.54, 1.807) is 10.8 Å². The molecule has 0 saturated carbocycles. The van der Waals surface area contributed by atoms with Gasteiger partial charge in [-0.05, 0) is 11.4 Å². The van der Waals surface area contributed by atoms with E-state index in [0.29, 0.717) is 10.1 Å². The van der Waals surface area contributed by atoms with Gasteiger partial charge in [-0.3, -0.25) is 4.79 Å². The van der Waals surface area contributed by atoms with E-state index in [2.05, 4.69) is 4.98 Å². The van der Waals surface area contributed by atoms with Gasteiger partial charge < -0.3 is 5.73 Å². The molecule has 7 heteroatoms. The number of hydrogen-bond acceptors (Lipinski definition) is 5. The molecule has 2 N–H and O–H groups in total. The molecule has 2 aromatic rings. The van der Waals surface area contributed by atoms with Crippen LogP contribution in [0.25, 0.3) is 0 Å². The highest BCUT2D eigenvalue weighted by molar-refractivity contribution is 7.08. The molecule has 0 radical (unpaired) electrons. The molecular weight excluding hydrogens is 233 g/mol. The Morgan fingerprint density at radius 3 is 2.94 bits per heavy atom. The van der Waals surface area contributed by atoms with Crippen LogP contribution in [0.1, 0.15) is 10.4 Å². The Labute approximate surface area is 93.0 Å². The van der Waals surface area contributed by atoms with Crippen molar-refractivity contribution in [3.8, 4) is 0 Å². The average Bonchev–Trinajstić information content (AvgIpc) is 2.75. The lowest BCUT2D eigenvalue weighted by atomic mass is 10.3. The zero-order chi connectivity index (χ0) is 11.7. The average molecular weight is 239 g/mol. The molecule has 2 rings (SSSR count). The van der Waals surface area contributed by atoms with Crippen LogP contribution in [0.2, 0.25) is 0 Å². The van der Waals surface area contributed by atoms with Crippen LogP contribution in [0.3, 0.4) is 0 Å². The second-order valence-corrected chi connectivity index (χ2v) is 3.72. The molecule has 0 unspecified atom stereocenters. The summed E-state index contributed by atoms with van der Waals surface area (Å²) in [5.74, 6) is -2.04. The Balaban J connectivity index is 2.54. The van der Waals surface area contributed by atoms with E-state index in [9.17, 15) is 14.0 Å². The molecular formula is C9H6FN3O2S. The van der Waals surface area contributed by atoms with Crippen LogP contribution in [0.4, 0.5) is 10.2 Å². The Hall–Kier alpha value is -2.02. The molecule has 0 bridgehead atoms. The largest absolute Gasteiger partial charge is 0.381 e. The number of hydrogen-bond donors (Lipinski definition) is 1. The first-order valence-corrected chi connectivity index (χ1v) is 5.15. The lowest BCUT2D eigenvalue weighted by Crippen LogP contribution is -2.30. The maximum atomic E-state index is 13.1. The van der Waals surface area contributed by atoms with Gasteiger partial charge in [0.25, 0.3) is 5.91 Å². The number of anilines is 1. The summed E-state index contributed by atoms with van der Waals surface area (Å²) in [4.78, 5) is 26.2. The van der Waals surface area contributed by atoms with E-state index < -0.39 is 23.2 Å². The zero-order valence-electron chi connectivity index (χ0n) is 7.88. The van der Waals surface area contributed by atoms with Crippen molar-refractivity contribution in [3.05, 3.63) is 44.9 Å². The van der Waals surface area contributed by atoms with Gasteiger partial charge in [-0.2, -0.15) is 16.3 Å². The maximum absolute atomic E-state index is 13.1. The predicted molar refractivity (Wildman–Crippen MR) is 56.9 cm³/mol. The number of aromatic nitrogens is 2. The molecule has 5 nitrogen and oxygen atoms in total. The topological polar surface area (TPSA) is 78.0 Å². The minimum atomic E-state index is -0.900. The zero-order valence-corrected chi connectivity index (χ0v) is 8.70. The molecule has 0 spiro atoms. The summed E-state index contributed by atoms with van der Waals surface area (Å²) in [5, 5.41) is 3.24. The second kappa shape index (κ2) is 3.86. The molecule has 0 amide bonds. The molecule has 0 aliphatic rings. The van der Waals surface area contributed by atoms with Crippen LogP contribution < -0.4 is 11.4 Å². The van der Waals surface area contributed by atoms with Crippen molar-refractivity contribution in [2.24, 2.45) is 0 Å². The van der Waals surface area contributed by atoms with Gasteiger partial charge in [-0.15, -0.1) is 0 Å². The quantitative estimate of drug-likeness (QED) is 0.795. The van der Waals surface area contributed by atoms with E-state index in [1.165, 1.54) is 17.4 Å². The third kappa shape index (κ3) is 1.72. The molecule has 0 aromatic carbocycles. The standard InChI is InChI=1S/C9H6FN3O2S/c10-6-3-13(9(15)12-7(6)11)8(14)5-1-2-16-4-5/h1-4H,(H2,11,12,15). The van der Waals surface area contributed by atoms with Crippen molar-refractivity contribution in [2.45, 2.75) is 0 Å². The van der Waals surface area contributed by atoms with E-state index in [1.807, 2.05) is 0 Å². The van der Waals surface area contributed by atoms with E-state index in [-0.39, 0.29) is 0 Å². The number of carbonyl (C=O) groups excluding carboxylic acids is 1. The number of halogens is 1. The van der Waals surface area contributed by atoms with Crippen LogP contribution in [0.15, 0.2) is 27.8 Å². The highest BCUT2D eigenvalue weighted by Crippen LogP contribution is 2.08. The molecule has 82 valence electrons. The number of thiophene rings is 1. The molecule has 0 fully saturated rings. The smallest absolute Gasteiger partial charge is 0.356 e. The number of rotatable bonds is 1. The Bertz CT molecular complexity index is 591. The molecule has 2 heterocycles. The van der Waals surface area contributed by atoms with E-state index >= 15 is 0 Å². The summed E-state index contributed by atoms with van der Waals surface area (Å²) in [6, 6.07) is 1.54. The van der Waals surface area contributed by atoms with Crippen molar-refractivity contribution in [1.82, 2.24) is 9.55 Å². The second-order valence-electron chi connectivity index (χ2n) is 2.94. The highest BCUT2D eigenvalue weighted by atomic mass is 32.1. The van der Waals surface area contributed by atoms with Gasteiger partial charge in [0.2, 0.25) is 0 Å². The van der Waals surface area contributed by atoms with Crippen LogP contribution in [0.5, 0.6) is 0 Å². The van der Waals surface area contributed by atoms with Crippen LogP contribution in [-0.4, -0.2) is 15.5 Å². The Morgan fingerprint density at radius 1 is 1.56 bits per heavy atom. The summed E-state index contributed by atoms with van der Waals surface area (Å²) in [6.45, 7) is 0. The molecule has 0 saturated heterocycles. The monoisotopic (exact) mass is 239 g/mol. The fourth-order valence-electron chi connectivity index (χ4n) is 1.12. The van der Waals surface area contributed by atoms with Crippen LogP contribution in [-0.2, 0) is 0 Å². The number of nitrogens with two attached hydrogens (primary N) is 1. The first-order chi connectivity index (χ1) is 7.59. The summed E-state index contributed by atoms with van der Waals surface area (Å²) < 4.78 is 13.7. The third-order valence-electron chi connectivity index (χ3n) is 1.90. The SMILES string of the molecule is Nc1nc(=O)n(C(=O)c2ccsc2)cc1F. The Kier molecular flexibility index (Phi) is 2.53. The fraction of sp³-hybridized carbons (Fsp3) is 0. The molecule has 0 atom stereocenters. The summed E-state index contributed by atoms with van der Waals surface area (Å²) in [5.41, 5.74) is 4.51. The first-order valence-electron chi connectivity index (χ1n) is 4.21. The minimum Gasteiger partial charge on any atom is -0.381 e. The fourth-order valence-corrected chi connectivity index (χ4v) is 1.75. The third-order valence-corrected chi connectivity index (χ3v) is 2.58. The van der Waals surface area contributed by atoms with Crippen molar-refractivity contribution < 1.29 is 9.18 Å². The van der Waals surface area contributed by atoms with Crippen molar-refractivity contribution in [2.75, 3.05) is 5.73 Å². The number of nitrogens with zero attached hydrogens (tertiary/aromatic N) is 2. The lowest BCUT2D eigenvalue weighted by Gasteiger charge is -2.02. The highest BCUT2D eigenvalue weighted by Gasteiger charge is 2.13. The lowest BCUT2D eigenvalue weighted by molar-refractivity contribution is 0.0953. The molecule has 2 aromatic heterocycles. The molecule has 0 aliphatic carbocycles. The van der Waals surface area contributed by atoms with Crippen LogP contribution >= 0.6 is 11.3 Å². The Morgan fingerprint density at radius 2 is 2.31 bits per heavy atom. The summed E-state index contributed by atoms with van der Waals surface area (Å²) in [7, 11) is 0. The van der Waals surface area contributed by atoms with Crippen LogP contribution in [0, 0.1) is 5.82 Å².